The van der Waals surface area contributed by atoms with E-state index in [9.17, 15) is 4.79 Å². The van der Waals surface area contributed by atoms with E-state index in [2.05, 4.69) is 65.3 Å². The van der Waals surface area contributed by atoms with E-state index in [4.69, 9.17) is 0 Å². The predicted molar refractivity (Wildman–Crippen MR) is 105 cm³/mol. The minimum Gasteiger partial charge on any atom is -0.362 e. The first kappa shape index (κ1) is 17.1. The summed E-state index contributed by atoms with van der Waals surface area (Å²) in [7, 11) is 0. The average molecular weight is 349 g/mol. The fraction of sp³-hybridized carbons (Fsp3) is 0.409. The molecule has 2 aliphatic heterocycles. The molecule has 0 atom stereocenters. The zero-order valence-corrected chi connectivity index (χ0v) is 15.5. The number of rotatable bonds is 4. The van der Waals surface area contributed by atoms with Crippen LogP contribution in [0.15, 0.2) is 48.5 Å². The number of hydrogen-bond acceptors (Lipinski definition) is 3. The van der Waals surface area contributed by atoms with Crippen molar-refractivity contribution < 1.29 is 4.79 Å². The van der Waals surface area contributed by atoms with E-state index >= 15 is 0 Å². The number of benzene rings is 2. The van der Waals surface area contributed by atoms with Crippen LogP contribution >= 0.6 is 0 Å². The number of anilines is 1. The zero-order valence-electron chi connectivity index (χ0n) is 15.5. The summed E-state index contributed by atoms with van der Waals surface area (Å²) < 4.78 is 0. The van der Waals surface area contributed by atoms with Crippen molar-refractivity contribution in [1.29, 1.82) is 0 Å². The number of piperazine rings is 1. The standard InChI is InChI=1S/C22H27N3O/c1-18-6-2-3-8-20(18)16-23-12-14-24(15-13-23)22(26)17-25-11-10-19-7-4-5-9-21(19)25/h2-9H,10-17H2,1H3. The second-order valence-corrected chi connectivity index (χ2v) is 7.38. The van der Waals surface area contributed by atoms with Crippen LogP contribution in [0.3, 0.4) is 0 Å². The van der Waals surface area contributed by atoms with Crippen molar-refractivity contribution in [2.24, 2.45) is 0 Å². The van der Waals surface area contributed by atoms with Gasteiger partial charge in [0.15, 0.2) is 0 Å². The Morgan fingerprint density at radius 2 is 1.65 bits per heavy atom. The normalized spacial score (nSPS) is 17.4. The topological polar surface area (TPSA) is 26.8 Å². The molecule has 0 aliphatic carbocycles. The lowest BCUT2D eigenvalue weighted by Crippen LogP contribution is -2.50. The van der Waals surface area contributed by atoms with Crippen LogP contribution in [0, 0.1) is 6.92 Å². The number of fused-ring (bicyclic) bond motifs is 1. The monoisotopic (exact) mass is 349 g/mol. The van der Waals surface area contributed by atoms with Gasteiger partial charge in [-0.2, -0.15) is 0 Å². The highest BCUT2D eigenvalue weighted by molar-refractivity contribution is 5.82. The molecule has 1 amide bonds. The van der Waals surface area contributed by atoms with Crippen molar-refractivity contribution in [1.82, 2.24) is 9.80 Å². The maximum atomic E-state index is 12.7. The van der Waals surface area contributed by atoms with Gasteiger partial charge in [-0.25, -0.2) is 0 Å². The molecular weight excluding hydrogens is 322 g/mol. The molecule has 4 heteroatoms. The molecule has 2 aliphatic rings. The molecule has 0 N–H and O–H groups in total. The molecule has 0 saturated carbocycles. The van der Waals surface area contributed by atoms with E-state index in [-0.39, 0.29) is 5.91 Å². The third kappa shape index (κ3) is 3.61. The first-order valence-corrected chi connectivity index (χ1v) is 9.58. The molecule has 1 fully saturated rings. The van der Waals surface area contributed by atoms with Gasteiger partial charge in [0.2, 0.25) is 5.91 Å². The molecule has 26 heavy (non-hydrogen) atoms. The van der Waals surface area contributed by atoms with Crippen LogP contribution in [0.5, 0.6) is 0 Å². The van der Waals surface area contributed by atoms with Gasteiger partial charge in [0, 0.05) is 45.0 Å². The van der Waals surface area contributed by atoms with Crippen LogP contribution in [0.2, 0.25) is 0 Å². The van der Waals surface area contributed by atoms with Gasteiger partial charge in [0.25, 0.3) is 0 Å². The number of carbonyl (C=O) groups is 1. The molecule has 2 aromatic rings. The molecule has 0 bridgehead atoms. The number of nitrogens with zero attached hydrogens (tertiary/aromatic N) is 3. The fourth-order valence-corrected chi connectivity index (χ4v) is 4.02. The van der Waals surface area contributed by atoms with Crippen LogP contribution in [0.1, 0.15) is 16.7 Å². The van der Waals surface area contributed by atoms with E-state index in [0.29, 0.717) is 6.54 Å². The Morgan fingerprint density at radius 3 is 2.46 bits per heavy atom. The second kappa shape index (κ2) is 7.50. The number of aryl methyl sites for hydroxylation is 1. The van der Waals surface area contributed by atoms with Gasteiger partial charge in [-0.05, 0) is 36.1 Å². The number of amides is 1. The van der Waals surface area contributed by atoms with Crippen LogP contribution in [-0.4, -0.2) is 55.0 Å². The second-order valence-electron chi connectivity index (χ2n) is 7.38. The Morgan fingerprint density at radius 1 is 0.923 bits per heavy atom. The van der Waals surface area contributed by atoms with Crippen LogP contribution in [-0.2, 0) is 17.8 Å². The third-order valence-corrected chi connectivity index (χ3v) is 5.69. The highest BCUT2D eigenvalue weighted by atomic mass is 16.2. The maximum Gasteiger partial charge on any atom is 0.242 e. The van der Waals surface area contributed by atoms with E-state index in [1.807, 2.05) is 4.90 Å². The molecule has 4 nitrogen and oxygen atoms in total. The molecule has 0 unspecified atom stereocenters. The third-order valence-electron chi connectivity index (χ3n) is 5.69. The number of hydrogen-bond donors (Lipinski definition) is 0. The van der Waals surface area contributed by atoms with Crippen molar-refractivity contribution in [3.63, 3.8) is 0 Å². The molecule has 2 heterocycles. The molecule has 1 saturated heterocycles. The highest BCUT2D eigenvalue weighted by Gasteiger charge is 2.25. The number of para-hydroxylation sites is 1. The summed E-state index contributed by atoms with van der Waals surface area (Å²) in [6.45, 7) is 8.19. The minimum absolute atomic E-state index is 0.261. The van der Waals surface area contributed by atoms with Crippen molar-refractivity contribution in [3.05, 3.63) is 65.2 Å². The van der Waals surface area contributed by atoms with Gasteiger partial charge in [-0.15, -0.1) is 0 Å². The molecule has 4 rings (SSSR count). The Balaban J connectivity index is 1.30. The van der Waals surface area contributed by atoms with E-state index in [1.54, 1.807) is 0 Å². The highest BCUT2D eigenvalue weighted by Crippen LogP contribution is 2.27. The first-order chi connectivity index (χ1) is 12.7. The average Bonchev–Trinajstić information content (AvgIpc) is 3.07. The minimum atomic E-state index is 0.261. The largest absolute Gasteiger partial charge is 0.362 e. The van der Waals surface area contributed by atoms with E-state index < -0.39 is 0 Å². The van der Waals surface area contributed by atoms with Crippen molar-refractivity contribution in [2.75, 3.05) is 44.2 Å². The lowest BCUT2D eigenvalue weighted by molar-refractivity contribution is -0.131. The van der Waals surface area contributed by atoms with Gasteiger partial charge in [-0.1, -0.05) is 42.5 Å². The van der Waals surface area contributed by atoms with Gasteiger partial charge in [0.1, 0.15) is 0 Å². The summed E-state index contributed by atoms with van der Waals surface area (Å²) in [5.41, 5.74) is 5.34. The van der Waals surface area contributed by atoms with Gasteiger partial charge in [0.05, 0.1) is 6.54 Å². The summed E-state index contributed by atoms with van der Waals surface area (Å²) in [6, 6.07) is 17.0. The molecule has 0 aromatic heterocycles. The maximum absolute atomic E-state index is 12.7. The Kier molecular flexibility index (Phi) is 4.93. The lowest BCUT2D eigenvalue weighted by Gasteiger charge is -2.36. The predicted octanol–water partition coefficient (Wildman–Crippen LogP) is 2.70. The Bertz CT molecular complexity index is 780. The van der Waals surface area contributed by atoms with Gasteiger partial charge < -0.3 is 9.80 Å². The molecule has 2 aromatic carbocycles. The van der Waals surface area contributed by atoms with E-state index in [1.165, 1.54) is 22.4 Å². The summed E-state index contributed by atoms with van der Waals surface area (Å²) in [5, 5.41) is 0. The SMILES string of the molecule is Cc1ccccc1CN1CCN(C(=O)CN2CCc3ccccc32)CC1. The van der Waals surface area contributed by atoms with Crippen molar-refractivity contribution >= 4 is 11.6 Å². The zero-order chi connectivity index (χ0) is 17.9. The molecule has 136 valence electrons. The molecular formula is C22H27N3O. The Hall–Kier alpha value is -2.33. The molecule has 0 radical (unpaired) electrons. The van der Waals surface area contributed by atoms with Crippen LogP contribution in [0.4, 0.5) is 5.69 Å². The summed E-state index contributed by atoms with van der Waals surface area (Å²) in [6.07, 6.45) is 1.05. The van der Waals surface area contributed by atoms with Crippen molar-refractivity contribution in [3.8, 4) is 0 Å². The summed E-state index contributed by atoms with van der Waals surface area (Å²) >= 11 is 0. The summed E-state index contributed by atoms with van der Waals surface area (Å²) in [5.74, 6) is 0.261. The van der Waals surface area contributed by atoms with Crippen LogP contribution in [0.25, 0.3) is 0 Å². The van der Waals surface area contributed by atoms with Crippen LogP contribution < -0.4 is 4.90 Å². The fourth-order valence-electron chi connectivity index (χ4n) is 4.02. The van der Waals surface area contributed by atoms with Gasteiger partial charge >= 0.3 is 0 Å². The number of carbonyl (C=O) groups excluding carboxylic acids is 1. The molecule has 0 spiro atoms. The van der Waals surface area contributed by atoms with Gasteiger partial charge in [-0.3, -0.25) is 9.69 Å². The Labute approximate surface area is 156 Å². The lowest BCUT2D eigenvalue weighted by atomic mass is 10.1. The smallest absolute Gasteiger partial charge is 0.242 e. The quantitative estimate of drug-likeness (QED) is 0.849. The van der Waals surface area contributed by atoms with Crippen molar-refractivity contribution in [2.45, 2.75) is 19.9 Å². The van der Waals surface area contributed by atoms with E-state index in [0.717, 1.165) is 45.7 Å². The summed E-state index contributed by atoms with van der Waals surface area (Å²) in [4.78, 5) is 19.5. The first-order valence-electron chi connectivity index (χ1n) is 9.58.